The van der Waals surface area contributed by atoms with Gasteiger partial charge in [0.05, 0.1) is 6.21 Å². The molecule has 31 heavy (non-hydrogen) atoms. The molecule has 3 nitrogen and oxygen atoms in total. The lowest BCUT2D eigenvalue weighted by Crippen LogP contribution is -2.06. The highest BCUT2D eigenvalue weighted by molar-refractivity contribution is 6.30. The predicted molar refractivity (Wildman–Crippen MR) is 110 cm³/mol. The van der Waals surface area contributed by atoms with Gasteiger partial charge in [-0.1, -0.05) is 41.9 Å². The predicted octanol–water partition coefficient (Wildman–Crippen LogP) is 6.48. The van der Waals surface area contributed by atoms with Crippen molar-refractivity contribution in [3.63, 3.8) is 0 Å². The standard InChI is InChI=1S/C22H13ClF5N3/c23-14-7-5-12(6-8-14)10-31-11-13(15-3-1-2-4-16(15)31)9-29-30-22-20(27)18(25)17(24)19(26)21(22)28/h1-9,11,30H,10H2/b29-9-. The van der Waals surface area contributed by atoms with Gasteiger partial charge in [0.2, 0.25) is 5.82 Å². The number of rotatable bonds is 5. The smallest absolute Gasteiger partial charge is 0.200 e. The van der Waals surface area contributed by atoms with Crippen molar-refractivity contribution in [3.05, 3.63) is 100.0 Å². The van der Waals surface area contributed by atoms with Crippen molar-refractivity contribution in [2.45, 2.75) is 6.54 Å². The summed E-state index contributed by atoms with van der Waals surface area (Å²) in [4.78, 5) is 0. The Balaban J connectivity index is 1.65. The molecule has 4 aromatic rings. The van der Waals surface area contributed by atoms with E-state index in [0.717, 1.165) is 16.5 Å². The number of nitrogens with zero attached hydrogens (tertiary/aromatic N) is 2. The molecule has 0 amide bonds. The van der Waals surface area contributed by atoms with Crippen molar-refractivity contribution in [2.24, 2.45) is 5.10 Å². The van der Waals surface area contributed by atoms with Crippen molar-refractivity contribution in [1.29, 1.82) is 0 Å². The summed E-state index contributed by atoms with van der Waals surface area (Å²) >= 11 is 5.92. The minimum atomic E-state index is -2.23. The van der Waals surface area contributed by atoms with E-state index >= 15 is 0 Å². The first-order valence-electron chi connectivity index (χ1n) is 8.99. The van der Waals surface area contributed by atoms with Gasteiger partial charge in [-0.05, 0) is 23.8 Å². The number of halogens is 6. The van der Waals surface area contributed by atoms with Gasteiger partial charge in [-0.25, -0.2) is 22.0 Å². The van der Waals surface area contributed by atoms with Crippen LogP contribution in [0.5, 0.6) is 0 Å². The maximum absolute atomic E-state index is 13.8. The van der Waals surface area contributed by atoms with Gasteiger partial charge in [-0.2, -0.15) is 5.10 Å². The SMILES string of the molecule is Fc1c(F)c(F)c(N/N=C\c2cn(Cc3ccc(Cl)cc3)c3ccccc23)c(F)c1F. The third kappa shape index (κ3) is 3.98. The van der Waals surface area contributed by atoms with Crippen molar-refractivity contribution in [3.8, 4) is 0 Å². The second kappa shape index (κ2) is 8.39. The van der Waals surface area contributed by atoms with Crippen LogP contribution in [-0.2, 0) is 6.54 Å². The van der Waals surface area contributed by atoms with Crippen LogP contribution in [0.2, 0.25) is 5.02 Å². The number of hydrogen-bond donors (Lipinski definition) is 1. The molecule has 0 bridgehead atoms. The number of para-hydroxylation sites is 1. The third-order valence-corrected chi connectivity index (χ3v) is 4.93. The van der Waals surface area contributed by atoms with E-state index in [1.807, 2.05) is 46.4 Å². The summed E-state index contributed by atoms with van der Waals surface area (Å²) in [5.41, 5.74) is 3.14. The molecule has 0 aliphatic heterocycles. The average molecular weight is 450 g/mol. The summed E-state index contributed by atoms with van der Waals surface area (Å²) in [7, 11) is 0. The van der Waals surface area contributed by atoms with Gasteiger partial charge >= 0.3 is 0 Å². The molecular formula is C22H13ClF5N3. The molecule has 0 saturated carbocycles. The second-order valence-electron chi connectivity index (χ2n) is 6.67. The fraction of sp³-hybridized carbons (Fsp3) is 0.0455. The van der Waals surface area contributed by atoms with Gasteiger partial charge in [0.25, 0.3) is 0 Å². The highest BCUT2D eigenvalue weighted by atomic mass is 35.5. The Morgan fingerprint density at radius 3 is 2.13 bits per heavy atom. The van der Waals surface area contributed by atoms with Gasteiger partial charge in [0.15, 0.2) is 23.3 Å². The van der Waals surface area contributed by atoms with Crippen molar-refractivity contribution >= 4 is 34.4 Å². The second-order valence-corrected chi connectivity index (χ2v) is 7.11. The minimum Gasteiger partial charge on any atom is -0.342 e. The van der Waals surface area contributed by atoms with Crippen molar-refractivity contribution in [1.82, 2.24) is 4.57 Å². The van der Waals surface area contributed by atoms with Crippen LogP contribution in [0.4, 0.5) is 27.6 Å². The summed E-state index contributed by atoms with van der Waals surface area (Å²) in [5.74, 6) is -10.3. The molecule has 0 radical (unpaired) electrons. The highest BCUT2D eigenvalue weighted by Gasteiger charge is 2.25. The molecule has 158 valence electrons. The lowest BCUT2D eigenvalue weighted by molar-refractivity contribution is 0.381. The van der Waals surface area contributed by atoms with Crippen LogP contribution in [0.15, 0.2) is 59.8 Å². The van der Waals surface area contributed by atoms with Crippen LogP contribution >= 0.6 is 11.6 Å². The van der Waals surface area contributed by atoms with Gasteiger partial charge in [0, 0.05) is 34.2 Å². The molecule has 1 aromatic heterocycles. The van der Waals surface area contributed by atoms with Crippen LogP contribution in [0.25, 0.3) is 10.9 Å². The molecule has 0 saturated heterocycles. The lowest BCUT2D eigenvalue weighted by Gasteiger charge is -2.06. The monoisotopic (exact) mass is 449 g/mol. The topological polar surface area (TPSA) is 29.3 Å². The quantitative estimate of drug-likeness (QED) is 0.122. The van der Waals surface area contributed by atoms with Gasteiger partial charge in [0.1, 0.15) is 5.69 Å². The van der Waals surface area contributed by atoms with Crippen LogP contribution in [-0.4, -0.2) is 10.8 Å². The number of nitrogens with one attached hydrogen (secondary N) is 1. The number of fused-ring (bicyclic) bond motifs is 1. The summed E-state index contributed by atoms with van der Waals surface area (Å²) in [6.45, 7) is 0.524. The Kier molecular flexibility index (Phi) is 5.65. The summed E-state index contributed by atoms with van der Waals surface area (Å²) in [5, 5.41) is 5.10. The average Bonchev–Trinajstić information content (AvgIpc) is 3.12. The largest absolute Gasteiger partial charge is 0.342 e. The molecule has 0 unspecified atom stereocenters. The summed E-state index contributed by atoms with van der Waals surface area (Å²) in [6, 6.07) is 14.7. The van der Waals surface area contributed by atoms with Crippen molar-refractivity contribution < 1.29 is 22.0 Å². The van der Waals surface area contributed by atoms with Crippen LogP contribution in [0.3, 0.4) is 0 Å². The van der Waals surface area contributed by atoms with Crippen molar-refractivity contribution in [2.75, 3.05) is 5.43 Å². The Labute approximate surface area is 178 Å². The fourth-order valence-electron chi connectivity index (χ4n) is 3.16. The molecule has 0 spiro atoms. The van der Waals surface area contributed by atoms with E-state index in [2.05, 4.69) is 5.10 Å². The third-order valence-electron chi connectivity index (χ3n) is 4.68. The van der Waals surface area contributed by atoms with E-state index in [0.29, 0.717) is 17.1 Å². The van der Waals surface area contributed by atoms with E-state index in [-0.39, 0.29) is 0 Å². The minimum absolute atomic E-state index is 0.524. The fourth-order valence-corrected chi connectivity index (χ4v) is 3.29. The van der Waals surface area contributed by atoms with E-state index in [9.17, 15) is 22.0 Å². The zero-order valence-corrected chi connectivity index (χ0v) is 16.4. The molecule has 0 atom stereocenters. The maximum Gasteiger partial charge on any atom is 0.200 e. The van der Waals surface area contributed by atoms with Gasteiger partial charge in [-0.15, -0.1) is 0 Å². The Bertz CT molecular complexity index is 1270. The molecular weight excluding hydrogens is 437 g/mol. The van der Waals surface area contributed by atoms with Crippen LogP contribution < -0.4 is 5.43 Å². The Morgan fingerprint density at radius 1 is 0.839 bits per heavy atom. The number of anilines is 1. The van der Waals surface area contributed by atoms with E-state index in [1.54, 1.807) is 18.3 Å². The Morgan fingerprint density at radius 2 is 1.45 bits per heavy atom. The molecule has 4 rings (SSSR count). The number of benzene rings is 3. The van der Waals surface area contributed by atoms with Crippen LogP contribution in [0.1, 0.15) is 11.1 Å². The van der Waals surface area contributed by atoms with E-state index in [4.69, 9.17) is 11.6 Å². The first-order chi connectivity index (χ1) is 14.9. The first kappa shape index (κ1) is 20.9. The molecule has 1 N–H and O–H groups in total. The lowest BCUT2D eigenvalue weighted by atomic mass is 10.2. The zero-order chi connectivity index (χ0) is 22.1. The van der Waals surface area contributed by atoms with E-state index in [1.165, 1.54) is 6.21 Å². The molecule has 1 heterocycles. The highest BCUT2D eigenvalue weighted by Crippen LogP contribution is 2.27. The molecule has 0 fully saturated rings. The summed E-state index contributed by atoms with van der Waals surface area (Å²) in [6.07, 6.45) is 3.02. The summed E-state index contributed by atoms with van der Waals surface area (Å²) < 4.78 is 69.3. The van der Waals surface area contributed by atoms with E-state index < -0.39 is 34.8 Å². The van der Waals surface area contributed by atoms with Gasteiger partial charge in [-0.3, -0.25) is 5.43 Å². The molecule has 0 aliphatic rings. The van der Waals surface area contributed by atoms with Crippen LogP contribution in [0, 0.1) is 29.1 Å². The molecule has 9 heteroatoms. The maximum atomic E-state index is 13.8. The first-order valence-corrected chi connectivity index (χ1v) is 9.37. The number of aromatic nitrogens is 1. The number of hydrogen-bond acceptors (Lipinski definition) is 2. The molecule has 3 aromatic carbocycles. The Hall–Kier alpha value is -3.39. The molecule has 0 aliphatic carbocycles. The zero-order valence-electron chi connectivity index (χ0n) is 15.6. The normalized spacial score (nSPS) is 11.5. The van der Waals surface area contributed by atoms with Gasteiger partial charge < -0.3 is 4.57 Å². The number of hydrazone groups is 1.